The fourth-order valence-corrected chi connectivity index (χ4v) is 4.34. The van der Waals surface area contributed by atoms with Gasteiger partial charge in [0.25, 0.3) is 11.7 Å². The fraction of sp³-hybridized carbons (Fsp3) is 0.429. The van der Waals surface area contributed by atoms with Crippen molar-refractivity contribution >= 4 is 17.4 Å². The number of hydrogen-bond donors (Lipinski definition) is 1. The van der Waals surface area contributed by atoms with E-state index in [9.17, 15) is 14.7 Å². The number of ketones is 1. The molecule has 0 radical (unpaired) electrons. The standard InChI is InChI=1S/C28H36N2O6/c1-6-17-36-22-14-11-20(18-23(22)35-5)25-24(26(31)19-9-12-21(34-4)13-10-19)27(32)28(33)30(25)16-15-29(7-2)8-3/h9-14,18,25,31H,6-8,15-17H2,1-5H3/t25-/m1/s1. The van der Waals surface area contributed by atoms with Gasteiger partial charge in [-0.05, 0) is 61.5 Å². The van der Waals surface area contributed by atoms with Crippen molar-refractivity contribution in [1.29, 1.82) is 0 Å². The van der Waals surface area contributed by atoms with Crippen LogP contribution >= 0.6 is 0 Å². The average molecular weight is 497 g/mol. The molecule has 1 atom stereocenters. The lowest BCUT2D eigenvalue weighted by Gasteiger charge is -2.28. The number of rotatable bonds is 12. The first-order chi connectivity index (χ1) is 17.4. The summed E-state index contributed by atoms with van der Waals surface area (Å²) in [4.78, 5) is 30.2. The number of amides is 1. The van der Waals surface area contributed by atoms with E-state index in [4.69, 9.17) is 14.2 Å². The summed E-state index contributed by atoms with van der Waals surface area (Å²) >= 11 is 0. The van der Waals surface area contributed by atoms with Crippen molar-refractivity contribution in [3.8, 4) is 17.2 Å². The normalized spacial score (nSPS) is 17.1. The molecule has 0 spiro atoms. The largest absolute Gasteiger partial charge is 0.507 e. The van der Waals surface area contributed by atoms with Crippen molar-refractivity contribution in [3.63, 3.8) is 0 Å². The maximum atomic E-state index is 13.3. The van der Waals surface area contributed by atoms with Crippen LogP contribution in [0.1, 0.15) is 44.4 Å². The summed E-state index contributed by atoms with van der Waals surface area (Å²) in [7, 11) is 3.10. The van der Waals surface area contributed by atoms with Crippen LogP contribution in [-0.4, -0.2) is 73.6 Å². The number of carbonyl (C=O) groups excluding carboxylic acids is 2. The predicted molar refractivity (Wildman–Crippen MR) is 139 cm³/mol. The summed E-state index contributed by atoms with van der Waals surface area (Å²) in [5, 5.41) is 11.3. The lowest BCUT2D eigenvalue weighted by molar-refractivity contribution is -0.140. The van der Waals surface area contributed by atoms with Crippen LogP contribution in [0, 0.1) is 0 Å². The van der Waals surface area contributed by atoms with E-state index >= 15 is 0 Å². The minimum absolute atomic E-state index is 0.0500. The highest BCUT2D eigenvalue weighted by atomic mass is 16.5. The molecule has 1 saturated heterocycles. The van der Waals surface area contributed by atoms with Gasteiger partial charge in [-0.25, -0.2) is 0 Å². The molecule has 1 aliphatic rings. The fourth-order valence-electron chi connectivity index (χ4n) is 4.34. The Balaban J connectivity index is 2.12. The molecule has 1 aliphatic heterocycles. The summed E-state index contributed by atoms with van der Waals surface area (Å²) in [5.74, 6) is 0.135. The third-order valence-electron chi connectivity index (χ3n) is 6.42. The molecule has 3 rings (SSSR count). The maximum absolute atomic E-state index is 13.3. The number of carbonyl (C=O) groups is 2. The molecule has 0 unspecified atom stereocenters. The van der Waals surface area contributed by atoms with Crippen LogP contribution in [0.3, 0.4) is 0 Å². The highest BCUT2D eigenvalue weighted by Gasteiger charge is 2.46. The number of likely N-dealkylation sites (N-methyl/N-ethyl adjacent to an activating group) is 1. The van der Waals surface area contributed by atoms with Gasteiger partial charge in [-0.2, -0.15) is 0 Å². The first-order valence-electron chi connectivity index (χ1n) is 12.4. The van der Waals surface area contributed by atoms with E-state index in [1.807, 2.05) is 13.0 Å². The zero-order valence-electron chi connectivity index (χ0n) is 21.7. The smallest absolute Gasteiger partial charge is 0.295 e. The van der Waals surface area contributed by atoms with Crippen molar-refractivity contribution in [1.82, 2.24) is 9.80 Å². The second-order valence-electron chi connectivity index (χ2n) is 8.51. The molecule has 8 nitrogen and oxygen atoms in total. The van der Waals surface area contributed by atoms with Crippen molar-refractivity contribution in [3.05, 3.63) is 59.2 Å². The number of benzene rings is 2. The second-order valence-corrected chi connectivity index (χ2v) is 8.51. The van der Waals surface area contributed by atoms with E-state index in [1.165, 1.54) is 4.90 Å². The molecule has 2 aromatic carbocycles. The van der Waals surface area contributed by atoms with Gasteiger partial charge in [0.05, 0.1) is 32.4 Å². The minimum atomic E-state index is -0.767. The van der Waals surface area contributed by atoms with Crippen molar-refractivity contribution in [2.75, 3.05) is 47.0 Å². The van der Waals surface area contributed by atoms with Crippen LogP contribution in [0.4, 0.5) is 0 Å². The topological polar surface area (TPSA) is 88.5 Å². The van der Waals surface area contributed by atoms with Crippen LogP contribution < -0.4 is 14.2 Å². The van der Waals surface area contributed by atoms with Crippen molar-refractivity contribution in [2.24, 2.45) is 0 Å². The summed E-state index contributed by atoms with van der Waals surface area (Å²) < 4.78 is 16.5. The minimum Gasteiger partial charge on any atom is -0.507 e. The molecule has 0 bridgehead atoms. The molecule has 0 aliphatic carbocycles. The monoisotopic (exact) mass is 496 g/mol. The number of aliphatic hydroxyl groups is 1. The Hall–Kier alpha value is -3.52. The van der Waals surface area contributed by atoms with E-state index in [0.29, 0.717) is 48.1 Å². The van der Waals surface area contributed by atoms with Crippen molar-refractivity contribution < 1.29 is 28.9 Å². The van der Waals surface area contributed by atoms with Crippen LogP contribution in [0.25, 0.3) is 5.76 Å². The Morgan fingerprint density at radius 3 is 2.25 bits per heavy atom. The summed E-state index contributed by atoms with van der Waals surface area (Å²) in [5.41, 5.74) is 1.14. The van der Waals surface area contributed by atoms with Gasteiger partial charge in [-0.3, -0.25) is 9.59 Å². The predicted octanol–water partition coefficient (Wildman–Crippen LogP) is 4.26. The first-order valence-corrected chi connectivity index (χ1v) is 12.4. The van der Waals surface area contributed by atoms with Crippen LogP contribution in [0.2, 0.25) is 0 Å². The lowest BCUT2D eigenvalue weighted by Crippen LogP contribution is -2.38. The Labute approximate surface area is 213 Å². The lowest BCUT2D eigenvalue weighted by atomic mass is 9.95. The van der Waals surface area contributed by atoms with E-state index in [-0.39, 0.29) is 11.3 Å². The third kappa shape index (κ3) is 5.65. The molecular formula is C28H36N2O6. The van der Waals surface area contributed by atoms with Gasteiger partial charge in [0.1, 0.15) is 11.5 Å². The van der Waals surface area contributed by atoms with Gasteiger partial charge >= 0.3 is 0 Å². The summed E-state index contributed by atoms with van der Waals surface area (Å²) in [6, 6.07) is 11.3. The maximum Gasteiger partial charge on any atom is 0.295 e. The molecule has 1 heterocycles. The molecule has 8 heteroatoms. The third-order valence-corrected chi connectivity index (χ3v) is 6.42. The summed E-state index contributed by atoms with van der Waals surface area (Å²) in [6.45, 7) is 9.26. The molecule has 1 fully saturated rings. The first kappa shape index (κ1) is 27.1. The Morgan fingerprint density at radius 2 is 1.67 bits per heavy atom. The van der Waals surface area contributed by atoms with E-state index in [2.05, 4.69) is 18.7 Å². The molecule has 1 N–H and O–H groups in total. The van der Waals surface area contributed by atoms with Gasteiger partial charge in [-0.15, -0.1) is 0 Å². The number of aliphatic hydroxyl groups excluding tert-OH is 1. The number of ether oxygens (including phenoxy) is 3. The SMILES string of the molecule is CCCOc1ccc([C@@H]2C(=C(O)c3ccc(OC)cc3)C(=O)C(=O)N2CCN(CC)CC)cc1OC. The molecular weight excluding hydrogens is 460 g/mol. The van der Waals surface area contributed by atoms with Crippen LogP contribution in [-0.2, 0) is 9.59 Å². The molecule has 0 saturated carbocycles. The quantitative estimate of drug-likeness (QED) is 0.267. The number of nitrogens with zero attached hydrogens (tertiary/aromatic N) is 2. The molecule has 0 aromatic heterocycles. The zero-order chi connectivity index (χ0) is 26.2. The molecule has 36 heavy (non-hydrogen) atoms. The van der Waals surface area contributed by atoms with Gasteiger partial charge < -0.3 is 29.1 Å². The second kappa shape index (κ2) is 12.4. The van der Waals surface area contributed by atoms with Gasteiger partial charge in [0, 0.05) is 18.7 Å². The number of Topliss-reactive ketones (excluding diaryl/α,β-unsaturated/α-hetero) is 1. The number of methoxy groups -OCH3 is 2. The molecule has 2 aromatic rings. The van der Waals surface area contributed by atoms with Gasteiger partial charge in [0.2, 0.25) is 0 Å². The van der Waals surface area contributed by atoms with E-state index in [0.717, 1.165) is 19.5 Å². The van der Waals surface area contributed by atoms with Crippen LogP contribution in [0.15, 0.2) is 48.0 Å². The Bertz CT molecular complexity index is 1090. The van der Waals surface area contributed by atoms with E-state index < -0.39 is 17.7 Å². The van der Waals surface area contributed by atoms with Crippen molar-refractivity contribution in [2.45, 2.75) is 33.2 Å². The summed E-state index contributed by atoms with van der Waals surface area (Å²) in [6.07, 6.45) is 0.846. The van der Waals surface area contributed by atoms with E-state index in [1.54, 1.807) is 50.6 Å². The number of likely N-dealkylation sites (tertiary alicyclic amines) is 1. The zero-order valence-corrected chi connectivity index (χ0v) is 21.7. The Morgan fingerprint density at radius 1 is 0.972 bits per heavy atom. The number of hydrogen-bond acceptors (Lipinski definition) is 7. The Kier molecular flexibility index (Phi) is 9.36. The average Bonchev–Trinajstić information content (AvgIpc) is 3.17. The van der Waals surface area contributed by atoms with Gasteiger partial charge in [-0.1, -0.05) is 26.8 Å². The van der Waals surface area contributed by atoms with Crippen LogP contribution in [0.5, 0.6) is 17.2 Å². The highest BCUT2D eigenvalue weighted by Crippen LogP contribution is 2.42. The highest BCUT2D eigenvalue weighted by molar-refractivity contribution is 6.46. The molecule has 1 amide bonds. The van der Waals surface area contributed by atoms with Gasteiger partial charge in [0.15, 0.2) is 11.5 Å². The molecule has 194 valence electrons.